The van der Waals surface area contributed by atoms with Crippen molar-refractivity contribution in [1.29, 1.82) is 5.26 Å². The third-order valence-electron chi connectivity index (χ3n) is 2.14. The van der Waals surface area contributed by atoms with Crippen LogP contribution in [0.1, 0.15) is 5.56 Å². The first-order valence-electron chi connectivity index (χ1n) is 4.88. The van der Waals surface area contributed by atoms with Gasteiger partial charge in [-0.1, -0.05) is 11.8 Å². The van der Waals surface area contributed by atoms with Crippen LogP contribution in [-0.2, 0) is 6.42 Å². The van der Waals surface area contributed by atoms with Crippen LogP contribution in [0.4, 0.5) is 0 Å². The predicted molar refractivity (Wildman–Crippen MR) is 67.1 cm³/mol. The Morgan fingerprint density at radius 2 is 2.25 bits per heavy atom. The monoisotopic (exact) mass is 234 g/mol. The normalized spacial score (nSPS) is 10.9. The van der Waals surface area contributed by atoms with E-state index in [-0.39, 0.29) is 0 Å². The number of thioether (sulfide) groups is 1. The minimum Gasteiger partial charge on any atom is -0.353 e. The zero-order valence-electron chi connectivity index (χ0n) is 9.42. The third-order valence-corrected chi connectivity index (χ3v) is 2.91. The molecule has 0 N–H and O–H groups in total. The lowest BCUT2D eigenvalue weighted by Crippen LogP contribution is -2.26. The molecular weight excluding hydrogens is 220 g/mol. The summed E-state index contributed by atoms with van der Waals surface area (Å²) in [5, 5.41) is 9.26. The molecule has 1 aromatic rings. The van der Waals surface area contributed by atoms with Gasteiger partial charge >= 0.3 is 0 Å². The van der Waals surface area contributed by atoms with Crippen LogP contribution in [0.2, 0.25) is 0 Å². The Balaban J connectivity index is 2.50. The molecule has 0 aliphatic heterocycles. The Kier molecular flexibility index (Phi) is 5.37. The summed E-state index contributed by atoms with van der Waals surface area (Å²) in [7, 11) is 1.94. The number of rotatable bonds is 3. The number of hydrogen-bond acceptors (Lipinski definition) is 4. The Labute approximate surface area is 100 Å². The van der Waals surface area contributed by atoms with Gasteiger partial charge in [-0.25, -0.2) is 0 Å². The summed E-state index contributed by atoms with van der Waals surface area (Å²) >= 11 is 1.48. The van der Waals surface area contributed by atoms with Gasteiger partial charge in [0.15, 0.2) is 5.17 Å². The van der Waals surface area contributed by atoms with Crippen LogP contribution in [0.5, 0.6) is 0 Å². The molecular formula is C11H14N4S. The van der Waals surface area contributed by atoms with E-state index >= 15 is 0 Å². The van der Waals surface area contributed by atoms with Crippen molar-refractivity contribution in [3.63, 3.8) is 0 Å². The van der Waals surface area contributed by atoms with Crippen LogP contribution < -0.4 is 0 Å². The maximum Gasteiger partial charge on any atom is 0.208 e. The first-order valence-corrected chi connectivity index (χ1v) is 6.11. The van der Waals surface area contributed by atoms with E-state index in [1.54, 1.807) is 12.4 Å². The molecule has 1 aromatic heterocycles. The lowest BCUT2D eigenvalue weighted by atomic mass is 10.2. The Hall–Kier alpha value is -1.54. The van der Waals surface area contributed by atoms with E-state index in [0.29, 0.717) is 0 Å². The second-order valence-corrected chi connectivity index (χ2v) is 4.00. The van der Waals surface area contributed by atoms with Gasteiger partial charge in [0.2, 0.25) is 6.19 Å². The summed E-state index contributed by atoms with van der Waals surface area (Å²) in [6.07, 6.45) is 8.22. The number of hydrogen-bond donors (Lipinski definition) is 0. The molecule has 5 heteroatoms. The van der Waals surface area contributed by atoms with Crippen molar-refractivity contribution in [3.8, 4) is 6.19 Å². The zero-order valence-corrected chi connectivity index (χ0v) is 10.2. The smallest absolute Gasteiger partial charge is 0.208 e. The Morgan fingerprint density at radius 3 is 2.81 bits per heavy atom. The van der Waals surface area contributed by atoms with E-state index in [1.807, 2.05) is 36.5 Å². The van der Waals surface area contributed by atoms with Crippen molar-refractivity contribution in [3.05, 3.63) is 30.1 Å². The van der Waals surface area contributed by atoms with Gasteiger partial charge in [0.1, 0.15) is 0 Å². The van der Waals surface area contributed by atoms with E-state index in [9.17, 15) is 0 Å². The fraction of sp³-hybridized carbons (Fsp3) is 0.364. The summed E-state index contributed by atoms with van der Waals surface area (Å²) in [5.74, 6) is 0. The maximum atomic E-state index is 8.52. The van der Waals surface area contributed by atoms with Crippen molar-refractivity contribution < 1.29 is 0 Å². The van der Waals surface area contributed by atoms with Crippen LogP contribution in [0.15, 0.2) is 29.5 Å². The van der Waals surface area contributed by atoms with Gasteiger partial charge in [-0.15, -0.1) is 4.99 Å². The fourth-order valence-corrected chi connectivity index (χ4v) is 1.81. The number of aromatic nitrogens is 1. The zero-order chi connectivity index (χ0) is 11.8. The summed E-state index contributed by atoms with van der Waals surface area (Å²) < 4.78 is 0. The molecule has 0 saturated heterocycles. The van der Waals surface area contributed by atoms with Crippen molar-refractivity contribution in [1.82, 2.24) is 9.88 Å². The van der Waals surface area contributed by atoms with E-state index in [0.717, 1.165) is 18.1 Å². The number of nitrogens with zero attached hydrogens (tertiary/aromatic N) is 4. The number of pyridine rings is 1. The summed E-state index contributed by atoms with van der Waals surface area (Å²) in [6, 6.07) is 3.99. The SMILES string of the molecule is CSC(=NC#N)N(C)CCc1ccncc1. The average molecular weight is 234 g/mol. The van der Waals surface area contributed by atoms with Crippen molar-refractivity contribution in [2.45, 2.75) is 6.42 Å². The summed E-state index contributed by atoms with van der Waals surface area (Å²) in [6.45, 7) is 0.839. The molecule has 0 atom stereocenters. The number of nitriles is 1. The topological polar surface area (TPSA) is 52.3 Å². The molecule has 0 fully saturated rings. The molecule has 0 unspecified atom stereocenters. The number of amidine groups is 1. The molecule has 0 amide bonds. The highest BCUT2D eigenvalue weighted by Gasteiger charge is 2.04. The van der Waals surface area contributed by atoms with Gasteiger partial charge in [0.05, 0.1) is 0 Å². The molecule has 0 saturated carbocycles. The standard InChI is InChI=1S/C11H14N4S/c1-15(11(16-2)14-9-12)8-5-10-3-6-13-7-4-10/h3-4,6-7H,5,8H2,1-2H3. The van der Waals surface area contributed by atoms with Crippen molar-refractivity contribution >= 4 is 16.9 Å². The van der Waals surface area contributed by atoms with Crippen molar-refractivity contribution in [2.75, 3.05) is 19.8 Å². The lowest BCUT2D eigenvalue weighted by molar-refractivity contribution is 0.518. The summed E-state index contributed by atoms with van der Waals surface area (Å²) in [4.78, 5) is 9.70. The summed E-state index contributed by atoms with van der Waals surface area (Å²) in [5.41, 5.74) is 1.24. The number of aliphatic imine (C=N–C) groups is 1. The van der Waals surface area contributed by atoms with Gasteiger partial charge < -0.3 is 4.90 Å². The second-order valence-electron chi connectivity index (χ2n) is 3.23. The van der Waals surface area contributed by atoms with E-state index in [1.165, 1.54) is 17.3 Å². The van der Waals surface area contributed by atoms with E-state index in [2.05, 4.69) is 9.98 Å². The quantitative estimate of drug-likeness (QED) is 0.454. The highest BCUT2D eigenvalue weighted by molar-refractivity contribution is 8.13. The Morgan fingerprint density at radius 1 is 1.56 bits per heavy atom. The van der Waals surface area contributed by atoms with Crippen LogP contribution >= 0.6 is 11.8 Å². The van der Waals surface area contributed by atoms with Gasteiger partial charge in [0, 0.05) is 26.0 Å². The van der Waals surface area contributed by atoms with Gasteiger partial charge in [-0.2, -0.15) is 5.26 Å². The first kappa shape index (κ1) is 12.5. The first-order chi connectivity index (χ1) is 7.77. The highest BCUT2D eigenvalue weighted by Crippen LogP contribution is 2.05. The predicted octanol–water partition coefficient (Wildman–Crippen LogP) is 1.76. The van der Waals surface area contributed by atoms with E-state index in [4.69, 9.17) is 5.26 Å². The van der Waals surface area contributed by atoms with Gasteiger partial charge in [-0.05, 0) is 30.4 Å². The molecule has 0 aliphatic carbocycles. The second kappa shape index (κ2) is 6.85. The number of likely N-dealkylation sites (N-methyl/N-ethyl adjacent to an activating group) is 1. The molecule has 0 radical (unpaired) electrons. The molecule has 1 heterocycles. The largest absolute Gasteiger partial charge is 0.353 e. The Bertz CT molecular complexity index is 383. The highest BCUT2D eigenvalue weighted by atomic mass is 32.2. The minimum absolute atomic E-state index is 0.747. The molecule has 0 bridgehead atoms. The van der Waals surface area contributed by atoms with E-state index < -0.39 is 0 Å². The van der Waals surface area contributed by atoms with Crippen LogP contribution in [0.25, 0.3) is 0 Å². The third kappa shape index (κ3) is 3.91. The van der Waals surface area contributed by atoms with Crippen LogP contribution in [0, 0.1) is 11.5 Å². The maximum absolute atomic E-state index is 8.52. The molecule has 0 spiro atoms. The van der Waals surface area contributed by atoms with Crippen molar-refractivity contribution in [2.24, 2.45) is 4.99 Å². The van der Waals surface area contributed by atoms with Crippen LogP contribution in [0.3, 0.4) is 0 Å². The minimum atomic E-state index is 0.747. The molecule has 84 valence electrons. The molecule has 0 aromatic carbocycles. The lowest BCUT2D eigenvalue weighted by Gasteiger charge is -2.18. The van der Waals surface area contributed by atoms with Gasteiger partial charge in [-0.3, -0.25) is 4.98 Å². The fourth-order valence-electron chi connectivity index (χ4n) is 1.27. The van der Waals surface area contributed by atoms with Gasteiger partial charge in [0.25, 0.3) is 0 Å². The van der Waals surface area contributed by atoms with Crippen LogP contribution in [-0.4, -0.2) is 34.9 Å². The molecule has 4 nitrogen and oxygen atoms in total. The molecule has 0 aliphatic rings. The average Bonchev–Trinajstić information content (AvgIpc) is 2.34. The molecule has 16 heavy (non-hydrogen) atoms. The molecule has 1 rings (SSSR count).